The summed E-state index contributed by atoms with van der Waals surface area (Å²) in [5.41, 5.74) is 0.638. The second kappa shape index (κ2) is 5.51. The molecule has 9 heteroatoms. The predicted octanol–water partition coefficient (Wildman–Crippen LogP) is 4.76. The Bertz CT molecular complexity index is 531. The Morgan fingerprint density at radius 1 is 0.952 bits per heavy atom. The Labute approximate surface area is 119 Å². The topological polar surface area (TPSA) is 17.1 Å². The molecule has 1 rings (SSSR count). The zero-order valence-corrected chi connectivity index (χ0v) is 11.5. The number of alkyl halides is 7. The Morgan fingerprint density at radius 3 is 1.76 bits per heavy atom. The Hall–Kier alpha value is -1.25. The summed E-state index contributed by atoms with van der Waals surface area (Å²) >= 11 is -0.322. The lowest BCUT2D eigenvalue weighted by Crippen LogP contribution is -2.55. The van der Waals surface area contributed by atoms with Gasteiger partial charge in [0.1, 0.15) is 0 Å². The summed E-state index contributed by atoms with van der Waals surface area (Å²) in [6, 6.07) is 4.37. The largest absolute Gasteiger partial charge is 0.460 e. The van der Waals surface area contributed by atoms with Gasteiger partial charge in [0.25, 0.3) is 5.12 Å². The maximum Gasteiger partial charge on any atom is 0.460 e. The molecule has 0 aliphatic carbocycles. The van der Waals surface area contributed by atoms with Crippen molar-refractivity contribution in [1.82, 2.24) is 0 Å². The molecule has 1 aromatic carbocycles. The first-order chi connectivity index (χ1) is 9.32. The van der Waals surface area contributed by atoms with E-state index in [-0.39, 0.29) is 16.7 Å². The minimum atomic E-state index is -6.52. The van der Waals surface area contributed by atoms with Crippen LogP contribution >= 0.6 is 11.8 Å². The van der Waals surface area contributed by atoms with Crippen molar-refractivity contribution < 1.29 is 35.5 Å². The van der Waals surface area contributed by atoms with Gasteiger partial charge in [-0.1, -0.05) is 18.2 Å². The SMILES string of the molecule is Cc1cccc(C)c1SC(=O)C(F)(F)C(F)(F)C(F)(F)F. The first-order valence-electron chi connectivity index (χ1n) is 5.43. The molecule has 21 heavy (non-hydrogen) atoms. The highest BCUT2D eigenvalue weighted by Gasteiger charge is 2.76. The van der Waals surface area contributed by atoms with Gasteiger partial charge in [-0.2, -0.15) is 30.7 Å². The van der Waals surface area contributed by atoms with E-state index in [1.807, 2.05) is 0 Å². The van der Waals surface area contributed by atoms with E-state index in [9.17, 15) is 35.5 Å². The van der Waals surface area contributed by atoms with Gasteiger partial charge in [-0.15, -0.1) is 0 Å². The molecule has 0 aliphatic rings. The standard InChI is InChI=1S/C12H9F7OS/c1-6-4-3-5-7(2)8(6)21-9(20)10(13,14)11(15,16)12(17,18)19/h3-5H,1-2H3. The van der Waals surface area contributed by atoms with Crippen molar-refractivity contribution in [1.29, 1.82) is 0 Å². The summed E-state index contributed by atoms with van der Waals surface area (Å²) in [6.45, 7) is 2.84. The van der Waals surface area contributed by atoms with Crippen molar-refractivity contribution in [3.8, 4) is 0 Å². The summed E-state index contributed by atoms with van der Waals surface area (Å²) in [5.74, 6) is -12.3. The van der Waals surface area contributed by atoms with E-state index in [0.29, 0.717) is 11.1 Å². The van der Waals surface area contributed by atoms with Crippen LogP contribution < -0.4 is 0 Å². The molecule has 1 aromatic rings. The maximum absolute atomic E-state index is 13.2. The number of carbonyl (C=O) groups is 1. The number of hydrogen-bond acceptors (Lipinski definition) is 2. The third kappa shape index (κ3) is 3.17. The summed E-state index contributed by atoms with van der Waals surface area (Å²) in [6.07, 6.45) is -6.52. The quantitative estimate of drug-likeness (QED) is 0.586. The van der Waals surface area contributed by atoms with Crippen LogP contribution in [0.3, 0.4) is 0 Å². The van der Waals surface area contributed by atoms with Gasteiger partial charge in [0.15, 0.2) is 0 Å². The van der Waals surface area contributed by atoms with Gasteiger partial charge in [-0.25, -0.2) is 0 Å². The van der Waals surface area contributed by atoms with Crippen molar-refractivity contribution in [2.45, 2.75) is 36.8 Å². The van der Waals surface area contributed by atoms with Gasteiger partial charge < -0.3 is 0 Å². The van der Waals surface area contributed by atoms with E-state index in [0.717, 1.165) is 0 Å². The fraction of sp³-hybridized carbons (Fsp3) is 0.417. The van der Waals surface area contributed by atoms with Crippen molar-refractivity contribution in [3.63, 3.8) is 0 Å². The molecule has 0 saturated heterocycles. The van der Waals surface area contributed by atoms with E-state index in [1.165, 1.54) is 32.0 Å². The van der Waals surface area contributed by atoms with Crippen LogP contribution in [0.4, 0.5) is 30.7 Å². The minimum Gasteiger partial charge on any atom is -0.280 e. The van der Waals surface area contributed by atoms with Crippen molar-refractivity contribution >= 4 is 16.9 Å². The zero-order chi connectivity index (χ0) is 16.6. The molecule has 0 fully saturated rings. The summed E-state index contributed by atoms with van der Waals surface area (Å²) in [4.78, 5) is 11.2. The fourth-order valence-electron chi connectivity index (χ4n) is 1.42. The summed E-state index contributed by atoms with van der Waals surface area (Å²) in [5, 5.41) is -2.55. The van der Waals surface area contributed by atoms with E-state index >= 15 is 0 Å². The minimum absolute atomic E-state index is 0.0693. The third-order valence-corrected chi connectivity index (χ3v) is 3.90. The normalized spacial score (nSPS) is 13.4. The fourth-order valence-corrected chi connectivity index (χ4v) is 2.32. The van der Waals surface area contributed by atoms with Crippen LogP contribution in [0.15, 0.2) is 23.1 Å². The molecule has 0 aromatic heterocycles. The number of rotatable bonds is 3. The van der Waals surface area contributed by atoms with Crippen molar-refractivity contribution in [2.75, 3.05) is 0 Å². The Balaban J connectivity index is 3.14. The molecule has 0 aliphatic heterocycles. The van der Waals surface area contributed by atoms with Gasteiger partial charge in [0, 0.05) is 4.90 Å². The average Bonchev–Trinajstić information content (AvgIpc) is 2.32. The zero-order valence-electron chi connectivity index (χ0n) is 10.7. The maximum atomic E-state index is 13.2. The Morgan fingerprint density at radius 2 is 1.38 bits per heavy atom. The van der Waals surface area contributed by atoms with Crippen LogP contribution in [0.2, 0.25) is 0 Å². The van der Waals surface area contributed by atoms with Crippen LogP contribution in [-0.4, -0.2) is 23.1 Å². The molecule has 118 valence electrons. The molecule has 0 unspecified atom stereocenters. The van der Waals surface area contributed by atoms with E-state index in [4.69, 9.17) is 0 Å². The van der Waals surface area contributed by atoms with Gasteiger partial charge in [-0.05, 0) is 36.7 Å². The van der Waals surface area contributed by atoms with Crippen LogP contribution in [-0.2, 0) is 4.79 Å². The molecule has 0 bridgehead atoms. The molecule has 0 atom stereocenters. The first kappa shape index (κ1) is 17.8. The number of aryl methyl sites for hydroxylation is 2. The lowest BCUT2D eigenvalue weighted by molar-refractivity contribution is -0.341. The molecule has 0 N–H and O–H groups in total. The van der Waals surface area contributed by atoms with Crippen LogP contribution in [0, 0.1) is 13.8 Å². The number of thioether (sulfide) groups is 1. The van der Waals surface area contributed by atoms with Crippen LogP contribution in [0.25, 0.3) is 0 Å². The Kier molecular flexibility index (Phi) is 4.67. The molecule has 0 heterocycles. The smallest absolute Gasteiger partial charge is 0.280 e. The van der Waals surface area contributed by atoms with Crippen molar-refractivity contribution in [3.05, 3.63) is 29.3 Å². The lowest BCUT2D eigenvalue weighted by Gasteiger charge is -2.26. The first-order valence-corrected chi connectivity index (χ1v) is 6.25. The highest BCUT2D eigenvalue weighted by Crippen LogP contribution is 2.49. The highest BCUT2D eigenvalue weighted by molar-refractivity contribution is 8.14. The lowest BCUT2D eigenvalue weighted by atomic mass is 10.2. The molecule has 1 nitrogen and oxygen atoms in total. The van der Waals surface area contributed by atoms with Gasteiger partial charge in [-0.3, -0.25) is 4.79 Å². The second-order valence-electron chi connectivity index (χ2n) is 4.26. The monoisotopic (exact) mass is 334 g/mol. The molecule has 0 amide bonds. The average molecular weight is 334 g/mol. The molecule has 0 saturated carbocycles. The number of benzene rings is 1. The molecule has 0 radical (unpaired) electrons. The van der Waals surface area contributed by atoms with Gasteiger partial charge in [0.05, 0.1) is 0 Å². The number of halogens is 7. The van der Waals surface area contributed by atoms with Crippen LogP contribution in [0.1, 0.15) is 11.1 Å². The third-order valence-electron chi connectivity index (χ3n) is 2.61. The summed E-state index contributed by atoms with van der Waals surface area (Å²) in [7, 11) is 0. The van der Waals surface area contributed by atoms with Crippen LogP contribution in [0.5, 0.6) is 0 Å². The molecular formula is C12H9F7OS. The molecular weight excluding hydrogens is 325 g/mol. The van der Waals surface area contributed by atoms with E-state index in [1.54, 1.807) is 0 Å². The number of carbonyl (C=O) groups excluding carboxylic acids is 1. The molecule has 0 spiro atoms. The predicted molar refractivity (Wildman–Crippen MR) is 62.7 cm³/mol. The number of hydrogen-bond donors (Lipinski definition) is 0. The van der Waals surface area contributed by atoms with Gasteiger partial charge in [0.2, 0.25) is 0 Å². The van der Waals surface area contributed by atoms with E-state index in [2.05, 4.69) is 0 Å². The van der Waals surface area contributed by atoms with E-state index < -0.39 is 23.1 Å². The van der Waals surface area contributed by atoms with Crippen molar-refractivity contribution in [2.24, 2.45) is 0 Å². The second-order valence-corrected chi connectivity index (χ2v) is 5.24. The summed E-state index contributed by atoms with van der Waals surface area (Å²) < 4.78 is 87.9. The highest BCUT2D eigenvalue weighted by atomic mass is 32.2. The van der Waals surface area contributed by atoms with Gasteiger partial charge >= 0.3 is 18.0 Å².